The number of benzene rings is 1. The molecule has 8 unspecified atom stereocenters. The summed E-state index contributed by atoms with van der Waals surface area (Å²) >= 11 is 0. The van der Waals surface area contributed by atoms with E-state index >= 15 is 0 Å². The van der Waals surface area contributed by atoms with E-state index in [1.54, 1.807) is 14.2 Å². The Morgan fingerprint density at radius 1 is 1.00 bits per heavy atom. The molecule has 182 valence electrons. The maximum atomic E-state index is 12.1. The Labute approximate surface area is 199 Å². The minimum absolute atomic E-state index is 0.106. The summed E-state index contributed by atoms with van der Waals surface area (Å²) in [4.78, 5) is 0. The van der Waals surface area contributed by atoms with Gasteiger partial charge in [0.25, 0.3) is 0 Å². The third-order valence-electron chi connectivity index (χ3n) is 10.7. The van der Waals surface area contributed by atoms with E-state index in [1.165, 1.54) is 18.4 Å². The predicted octanol–water partition coefficient (Wildman–Crippen LogP) is 5.85. The Balaban J connectivity index is 1.47. The van der Waals surface area contributed by atoms with Crippen LogP contribution in [-0.4, -0.2) is 30.5 Å². The Hall–Kier alpha value is -1.52. The third kappa shape index (κ3) is 3.38. The van der Waals surface area contributed by atoms with Gasteiger partial charge < -0.3 is 19.7 Å². The number of hydrogen-bond donors (Lipinski definition) is 2. The number of fused-ring (bicyclic) bond motifs is 5. The van der Waals surface area contributed by atoms with Crippen LogP contribution < -0.4 is 9.47 Å². The Bertz CT molecular complexity index is 936. The molecular formula is C29H42O4. The molecule has 0 radical (unpaired) electrons. The Morgan fingerprint density at radius 3 is 2.52 bits per heavy atom. The fourth-order valence-electron chi connectivity index (χ4n) is 8.96. The van der Waals surface area contributed by atoms with Gasteiger partial charge in [0.05, 0.1) is 25.9 Å². The zero-order chi connectivity index (χ0) is 23.6. The fourth-order valence-corrected chi connectivity index (χ4v) is 8.96. The number of allylic oxidation sites excluding steroid dienone is 1. The van der Waals surface area contributed by atoms with Gasteiger partial charge in [-0.05, 0) is 111 Å². The lowest BCUT2D eigenvalue weighted by Gasteiger charge is -2.59. The highest BCUT2D eigenvalue weighted by atomic mass is 16.5. The Kier molecular flexibility index (Phi) is 5.64. The smallest absolute Gasteiger partial charge is 0.125 e. The minimum Gasteiger partial charge on any atom is -0.497 e. The van der Waals surface area contributed by atoms with Crippen molar-refractivity contribution in [2.24, 2.45) is 34.5 Å². The van der Waals surface area contributed by atoms with Crippen LogP contribution in [0.25, 0.3) is 0 Å². The molecule has 8 atom stereocenters. The van der Waals surface area contributed by atoms with E-state index in [0.717, 1.165) is 55.6 Å². The second kappa shape index (κ2) is 8.02. The van der Waals surface area contributed by atoms with Crippen LogP contribution in [0.5, 0.6) is 11.5 Å². The van der Waals surface area contributed by atoms with Gasteiger partial charge in [-0.3, -0.25) is 0 Å². The number of aliphatic hydroxyl groups is 2. The Morgan fingerprint density at radius 2 is 1.79 bits per heavy atom. The molecule has 1 aromatic rings. The first-order valence-corrected chi connectivity index (χ1v) is 13.0. The highest BCUT2D eigenvalue weighted by Crippen LogP contribution is 2.68. The van der Waals surface area contributed by atoms with Crippen molar-refractivity contribution >= 4 is 0 Å². The molecule has 0 aromatic heterocycles. The molecule has 4 nitrogen and oxygen atoms in total. The minimum atomic E-state index is -0.981. The second-order valence-corrected chi connectivity index (χ2v) is 12.0. The summed E-state index contributed by atoms with van der Waals surface area (Å²) in [5.74, 6) is 3.69. The van der Waals surface area contributed by atoms with Gasteiger partial charge in [0.2, 0.25) is 0 Å². The maximum absolute atomic E-state index is 12.1. The van der Waals surface area contributed by atoms with Crippen LogP contribution in [-0.2, 0) is 5.60 Å². The van der Waals surface area contributed by atoms with Crippen LogP contribution in [0.1, 0.15) is 77.7 Å². The summed E-state index contributed by atoms with van der Waals surface area (Å²) in [5.41, 5.74) is 1.74. The number of ether oxygens (including phenoxy) is 2. The second-order valence-electron chi connectivity index (χ2n) is 12.0. The van der Waals surface area contributed by atoms with Crippen molar-refractivity contribution in [2.75, 3.05) is 14.2 Å². The van der Waals surface area contributed by atoms with Gasteiger partial charge in [0.1, 0.15) is 11.5 Å². The first-order chi connectivity index (χ1) is 15.6. The van der Waals surface area contributed by atoms with Crippen LogP contribution in [0.3, 0.4) is 0 Å². The van der Waals surface area contributed by atoms with Crippen molar-refractivity contribution in [1.29, 1.82) is 0 Å². The van der Waals surface area contributed by atoms with Gasteiger partial charge in [-0.25, -0.2) is 0 Å². The van der Waals surface area contributed by atoms with Gasteiger partial charge in [-0.15, -0.1) is 0 Å². The zero-order valence-electron chi connectivity index (χ0n) is 21.1. The average Bonchev–Trinajstić information content (AvgIpc) is 3.17. The number of hydrogen-bond acceptors (Lipinski definition) is 4. The maximum Gasteiger partial charge on any atom is 0.125 e. The molecule has 1 aromatic carbocycles. The zero-order valence-corrected chi connectivity index (χ0v) is 21.1. The van der Waals surface area contributed by atoms with Crippen molar-refractivity contribution in [1.82, 2.24) is 0 Å². The summed E-state index contributed by atoms with van der Waals surface area (Å²) < 4.78 is 11.2. The SMILES string of the molecule is COc1ccc(OC)c(C(C)(O)C2CCC3C4CC=C5CC(O)CCC5(C)C4CCC32C)c1. The highest BCUT2D eigenvalue weighted by molar-refractivity contribution is 5.44. The third-order valence-corrected chi connectivity index (χ3v) is 10.7. The van der Waals surface area contributed by atoms with Crippen molar-refractivity contribution in [2.45, 2.75) is 83.8 Å². The summed E-state index contributed by atoms with van der Waals surface area (Å²) in [6.07, 6.45) is 11.0. The molecular weight excluding hydrogens is 412 g/mol. The molecule has 2 N–H and O–H groups in total. The molecule has 4 heteroatoms. The van der Waals surface area contributed by atoms with Gasteiger partial charge in [0, 0.05) is 5.56 Å². The lowest BCUT2D eigenvalue weighted by Crippen LogP contribution is -2.52. The van der Waals surface area contributed by atoms with Gasteiger partial charge in [0.15, 0.2) is 0 Å². The van der Waals surface area contributed by atoms with E-state index in [9.17, 15) is 10.2 Å². The van der Waals surface area contributed by atoms with Crippen LogP contribution in [0.4, 0.5) is 0 Å². The lowest BCUT2D eigenvalue weighted by molar-refractivity contribution is -0.106. The molecule has 33 heavy (non-hydrogen) atoms. The average molecular weight is 455 g/mol. The lowest BCUT2D eigenvalue weighted by atomic mass is 9.46. The fraction of sp³-hybridized carbons (Fsp3) is 0.724. The molecule has 0 heterocycles. The number of rotatable bonds is 4. The van der Waals surface area contributed by atoms with Crippen molar-refractivity contribution < 1.29 is 19.7 Å². The summed E-state index contributed by atoms with van der Waals surface area (Å²) in [5, 5.41) is 22.4. The standard InChI is InChI=1S/C29H42O4/c1-27-14-12-19(30)16-18(27)6-8-21-22-9-11-26(28(22,2)15-13-23(21)27)29(3,31)24-17-20(32-4)7-10-25(24)33-5/h6-7,10,17,19,21-23,26,30-31H,8-9,11-16H2,1-5H3. The summed E-state index contributed by atoms with van der Waals surface area (Å²) in [6.45, 7) is 6.93. The van der Waals surface area contributed by atoms with Gasteiger partial charge in [-0.1, -0.05) is 25.5 Å². The molecule has 0 saturated heterocycles. The molecule has 3 fully saturated rings. The van der Waals surface area contributed by atoms with Crippen LogP contribution in [0.2, 0.25) is 0 Å². The van der Waals surface area contributed by atoms with E-state index in [0.29, 0.717) is 17.8 Å². The van der Waals surface area contributed by atoms with Gasteiger partial charge >= 0.3 is 0 Å². The van der Waals surface area contributed by atoms with Crippen LogP contribution in [0, 0.1) is 34.5 Å². The molecule has 5 rings (SSSR count). The quantitative estimate of drug-likeness (QED) is 0.560. The van der Waals surface area contributed by atoms with Gasteiger partial charge in [-0.2, -0.15) is 0 Å². The van der Waals surface area contributed by atoms with E-state index in [1.807, 2.05) is 25.1 Å². The number of aliphatic hydroxyl groups excluding tert-OH is 1. The normalized spacial score (nSPS) is 41.8. The van der Waals surface area contributed by atoms with Crippen LogP contribution >= 0.6 is 0 Å². The topological polar surface area (TPSA) is 58.9 Å². The van der Waals surface area contributed by atoms with E-state index in [4.69, 9.17) is 9.47 Å². The molecule has 0 spiro atoms. The van der Waals surface area contributed by atoms with E-state index in [2.05, 4.69) is 19.9 Å². The molecule has 4 aliphatic carbocycles. The molecule has 0 amide bonds. The molecule has 4 aliphatic rings. The van der Waals surface area contributed by atoms with E-state index < -0.39 is 5.60 Å². The van der Waals surface area contributed by atoms with Crippen molar-refractivity contribution in [3.05, 3.63) is 35.4 Å². The van der Waals surface area contributed by atoms with Crippen LogP contribution in [0.15, 0.2) is 29.8 Å². The molecule has 0 bridgehead atoms. The first kappa shape index (κ1) is 23.2. The summed E-state index contributed by atoms with van der Waals surface area (Å²) in [6, 6.07) is 5.78. The molecule has 0 aliphatic heterocycles. The highest BCUT2D eigenvalue weighted by Gasteiger charge is 2.61. The van der Waals surface area contributed by atoms with E-state index in [-0.39, 0.29) is 22.9 Å². The summed E-state index contributed by atoms with van der Waals surface area (Å²) in [7, 11) is 3.35. The monoisotopic (exact) mass is 454 g/mol. The van der Waals surface area contributed by atoms with Crippen molar-refractivity contribution in [3.63, 3.8) is 0 Å². The number of methoxy groups -OCH3 is 2. The largest absolute Gasteiger partial charge is 0.497 e. The molecule has 3 saturated carbocycles. The van der Waals surface area contributed by atoms with Crippen molar-refractivity contribution in [3.8, 4) is 11.5 Å². The first-order valence-electron chi connectivity index (χ1n) is 13.0. The predicted molar refractivity (Wildman–Crippen MR) is 130 cm³/mol.